The van der Waals surface area contributed by atoms with Crippen LogP contribution in [0.15, 0.2) is 18.2 Å². The first-order chi connectivity index (χ1) is 7.63. The minimum absolute atomic E-state index is 0.300. The molecule has 0 atom stereocenters. The van der Waals surface area contributed by atoms with Gasteiger partial charge in [0.2, 0.25) is 5.91 Å². The van der Waals surface area contributed by atoms with Gasteiger partial charge in [0.25, 0.3) is 0 Å². The van der Waals surface area contributed by atoms with E-state index in [1.165, 1.54) is 0 Å². The molecule has 0 aliphatic carbocycles. The lowest BCUT2D eigenvalue weighted by atomic mass is 10.1. The summed E-state index contributed by atoms with van der Waals surface area (Å²) in [5.74, 6) is -0.300. The molecule has 1 aromatic rings. The first-order valence-corrected chi connectivity index (χ1v) is 5.16. The molecule has 4 nitrogen and oxygen atoms in total. The van der Waals surface area contributed by atoms with Crippen LogP contribution in [0.1, 0.15) is 24.0 Å². The Morgan fingerprint density at radius 3 is 2.94 bits per heavy atom. The topological polar surface area (TPSA) is 78.9 Å². The molecular formula is C12H15N3O. The van der Waals surface area contributed by atoms with E-state index in [0.717, 1.165) is 11.3 Å². The minimum Gasteiger partial charge on any atom is -0.384 e. The molecule has 1 aromatic carbocycles. The number of carbonyl (C=O) groups is 1. The average molecular weight is 217 g/mol. The van der Waals surface area contributed by atoms with Crippen molar-refractivity contribution >= 4 is 11.6 Å². The lowest BCUT2D eigenvalue weighted by Gasteiger charge is -2.07. The Labute approximate surface area is 95.1 Å². The summed E-state index contributed by atoms with van der Waals surface area (Å²) in [6.45, 7) is 2.58. The highest BCUT2D eigenvalue weighted by atomic mass is 16.1. The van der Waals surface area contributed by atoms with Crippen LogP contribution in [0.25, 0.3) is 0 Å². The van der Waals surface area contributed by atoms with Crippen LogP contribution in [0.3, 0.4) is 0 Å². The van der Waals surface area contributed by atoms with Crippen LogP contribution in [0.4, 0.5) is 5.69 Å². The van der Waals surface area contributed by atoms with Crippen molar-refractivity contribution in [2.24, 2.45) is 5.73 Å². The monoisotopic (exact) mass is 217 g/mol. The number of amides is 1. The van der Waals surface area contributed by atoms with Gasteiger partial charge in [-0.25, -0.2) is 0 Å². The number of nitrogens with zero attached hydrogens (tertiary/aromatic N) is 1. The SMILES string of the molecule is Cc1ccc(NCCCC(N)=O)c(C#N)c1. The number of nitriles is 1. The van der Waals surface area contributed by atoms with Crippen LogP contribution in [-0.2, 0) is 4.79 Å². The van der Waals surface area contributed by atoms with Gasteiger partial charge < -0.3 is 11.1 Å². The molecule has 0 aliphatic heterocycles. The van der Waals surface area contributed by atoms with Gasteiger partial charge in [-0.05, 0) is 31.0 Å². The number of benzene rings is 1. The predicted molar refractivity (Wildman–Crippen MR) is 62.8 cm³/mol. The van der Waals surface area contributed by atoms with Crippen molar-refractivity contribution in [1.82, 2.24) is 0 Å². The van der Waals surface area contributed by atoms with Crippen molar-refractivity contribution in [3.63, 3.8) is 0 Å². The number of hydrogen-bond acceptors (Lipinski definition) is 3. The fourth-order valence-corrected chi connectivity index (χ4v) is 1.39. The molecule has 0 heterocycles. The van der Waals surface area contributed by atoms with E-state index in [1.807, 2.05) is 25.1 Å². The van der Waals surface area contributed by atoms with E-state index in [1.54, 1.807) is 0 Å². The molecule has 1 amide bonds. The third-order valence-electron chi connectivity index (χ3n) is 2.21. The second-order valence-corrected chi connectivity index (χ2v) is 3.66. The van der Waals surface area contributed by atoms with Crippen LogP contribution in [0.5, 0.6) is 0 Å². The van der Waals surface area contributed by atoms with Gasteiger partial charge in [-0.2, -0.15) is 5.26 Å². The van der Waals surface area contributed by atoms with E-state index in [0.29, 0.717) is 24.9 Å². The lowest BCUT2D eigenvalue weighted by Crippen LogP contribution is -2.12. The summed E-state index contributed by atoms with van der Waals surface area (Å²) in [4.78, 5) is 10.5. The van der Waals surface area contributed by atoms with E-state index in [2.05, 4.69) is 11.4 Å². The molecule has 0 saturated carbocycles. The first kappa shape index (κ1) is 12.1. The second-order valence-electron chi connectivity index (χ2n) is 3.66. The van der Waals surface area contributed by atoms with E-state index < -0.39 is 0 Å². The van der Waals surface area contributed by atoms with Crippen molar-refractivity contribution in [3.8, 4) is 6.07 Å². The summed E-state index contributed by atoms with van der Waals surface area (Å²) >= 11 is 0. The Morgan fingerprint density at radius 1 is 1.56 bits per heavy atom. The van der Waals surface area contributed by atoms with E-state index >= 15 is 0 Å². The summed E-state index contributed by atoms with van der Waals surface area (Å²) < 4.78 is 0. The molecule has 4 heteroatoms. The highest BCUT2D eigenvalue weighted by molar-refractivity contribution is 5.73. The van der Waals surface area contributed by atoms with Crippen LogP contribution < -0.4 is 11.1 Å². The average Bonchev–Trinajstić information content (AvgIpc) is 2.25. The molecule has 16 heavy (non-hydrogen) atoms. The first-order valence-electron chi connectivity index (χ1n) is 5.16. The third kappa shape index (κ3) is 3.62. The zero-order chi connectivity index (χ0) is 12.0. The molecule has 84 valence electrons. The number of rotatable bonds is 5. The zero-order valence-electron chi connectivity index (χ0n) is 9.29. The number of aryl methyl sites for hydroxylation is 1. The lowest BCUT2D eigenvalue weighted by molar-refractivity contribution is -0.118. The maximum absolute atomic E-state index is 10.5. The van der Waals surface area contributed by atoms with E-state index in [9.17, 15) is 4.79 Å². The minimum atomic E-state index is -0.300. The van der Waals surface area contributed by atoms with Crippen molar-refractivity contribution in [2.45, 2.75) is 19.8 Å². The fourth-order valence-electron chi connectivity index (χ4n) is 1.39. The van der Waals surface area contributed by atoms with Gasteiger partial charge in [0.05, 0.1) is 11.3 Å². The molecular weight excluding hydrogens is 202 g/mol. The van der Waals surface area contributed by atoms with Crippen LogP contribution in [-0.4, -0.2) is 12.5 Å². The van der Waals surface area contributed by atoms with E-state index in [4.69, 9.17) is 11.0 Å². The summed E-state index contributed by atoms with van der Waals surface area (Å²) in [5, 5.41) is 12.0. The molecule has 0 aliphatic rings. The van der Waals surface area contributed by atoms with Gasteiger partial charge in [-0.3, -0.25) is 4.79 Å². The molecule has 0 fully saturated rings. The summed E-state index contributed by atoms with van der Waals surface area (Å²) in [7, 11) is 0. The standard InChI is InChI=1S/C12H15N3O/c1-9-4-5-11(10(7-9)8-13)15-6-2-3-12(14)16/h4-5,7,15H,2-3,6H2,1H3,(H2,14,16). The highest BCUT2D eigenvalue weighted by Crippen LogP contribution is 2.16. The van der Waals surface area contributed by atoms with Crippen molar-refractivity contribution in [3.05, 3.63) is 29.3 Å². The van der Waals surface area contributed by atoms with Gasteiger partial charge in [0.15, 0.2) is 0 Å². The largest absolute Gasteiger partial charge is 0.384 e. The molecule has 0 unspecified atom stereocenters. The van der Waals surface area contributed by atoms with Gasteiger partial charge in [-0.15, -0.1) is 0 Å². The maximum Gasteiger partial charge on any atom is 0.217 e. The Hall–Kier alpha value is -2.02. The summed E-state index contributed by atoms with van der Waals surface area (Å²) in [6.07, 6.45) is 1.04. The van der Waals surface area contributed by atoms with Gasteiger partial charge in [0.1, 0.15) is 6.07 Å². The molecule has 0 saturated heterocycles. The smallest absolute Gasteiger partial charge is 0.217 e. The van der Waals surface area contributed by atoms with Crippen LogP contribution >= 0.6 is 0 Å². The number of nitrogens with two attached hydrogens (primary N) is 1. The maximum atomic E-state index is 10.5. The normalized spacial score (nSPS) is 9.50. The van der Waals surface area contributed by atoms with E-state index in [-0.39, 0.29) is 5.91 Å². The van der Waals surface area contributed by atoms with Crippen LogP contribution in [0, 0.1) is 18.3 Å². The zero-order valence-corrected chi connectivity index (χ0v) is 9.29. The summed E-state index contributed by atoms with van der Waals surface area (Å²) in [5.41, 5.74) is 7.51. The Balaban J connectivity index is 2.54. The van der Waals surface area contributed by atoms with Gasteiger partial charge in [-0.1, -0.05) is 6.07 Å². The Morgan fingerprint density at radius 2 is 2.31 bits per heavy atom. The van der Waals surface area contributed by atoms with Gasteiger partial charge >= 0.3 is 0 Å². The number of anilines is 1. The second kappa shape index (κ2) is 5.76. The Bertz CT molecular complexity index is 421. The molecule has 0 radical (unpaired) electrons. The molecule has 0 spiro atoms. The van der Waals surface area contributed by atoms with Crippen LogP contribution in [0.2, 0.25) is 0 Å². The number of hydrogen-bond donors (Lipinski definition) is 2. The number of carbonyl (C=O) groups excluding carboxylic acids is 1. The quantitative estimate of drug-likeness (QED) is 0.734. The summed E-state index contributed by atoms with van der Waals surface area (Å²) in [6, 6.07) is 7.78. The predicted octanol–water partition coefficient (Wildman–Crippen LogP) is 1.54. The van der Waals surface area contributed by atoms with Gasteiger partial charge in [0, 0.05) is 13.0 Å². The van der Waals surface area contributed by atoms with Crippen molar-refractivity contribution in [1.29, 1.82) is 5.26 Å². The molecule has 3 N–H and O–H groups in total. The van der Waals surface area contributed by atoms with Crippen molar-refractivity contribution < 1.29 is 4.79 Å². The highest BCUT2D eigenvalue weighted by Gasteiger charge is 2.01. The Kier molecular flexibility index (Phi) is 4.34. The molecule has 0 aromatic heterocycles. The molecule has 0 bridgehead atoms. The third-order valence-corrected chi connectivity index (χ3v) is 2.21. The molecule has 1 rings (SSSR count). The number of primary amides is 1. The fraction of sp³-hybridized carbons (Fsp3) is 0.333. The van der Waals surface area contributed by atoms with Crippen molar-refractivity contribution in [2.75, 3.05) is 11.9 Å². The number of nitrogens with one attached hydrogen (secondary N) is 1.